The van der Waals surface area contributed by atoms with Gasteiger partial charge in [-0.3, -0.25) is 4.98 Å². The predicted molar refractivity (Wildman–Crippen MR) is 71.0 cm³/mol. The summed E-state index contributed by atoms with van der Waals surface area (Å²) in [6.07, 6.45) is 2.39. The van der Waals surface area contributed by atoms with Gasteiger partial charge in [-0.15, -0.1) is 0 Å². The standard InChI is InChI=1S/C13H13NO4S/c1-18-9-3-6-13(15)11(7-9)12-5-4-10(8-14-12)19(2,16)17/h3-8,15H,1-2H3. The van der Waals surface area contributed by atoms with Gasteiger partial charge in [0.25, 0.3) is 0 Å². The molecule has 0 saturated carbocycles. The monoisotopic (exact) mass is 279 g/mol. The summed E-state index contributed by atoms with van der Waals surface area (Å²) in [4.78, 5) is 4.19. The molecule has 1 aromatic carbocycles. The third-order valence-corrected chi connectivity index (χ3v) is 3.74. The molecule has 0 aliphatic heterocycles. The molecule has 0 saturated heterocycles. The molecule has 100 valence electrons. The van der Waals surface area contributed by atoms with Gasteiger partial charge < -0.3 is 9.84 Å². The number of hydrogen-bond donors (Lipinski definition) is 1. The highest BCUT2D eigenvalue weighted by molar-refractivity contribution is 7.90. The summed E-state index contributed by atoms with van der Waals surface area (Å²) < 4.78 is 27.8. The molecule has 19 heavy (non-hydrogen) atoms. The predicted octanol–water partition coefficient (Wildman–Crippen LogP) is 1.87. The molecular formula is C13H13NO4S. The molecule has 5 nitrogen and oxygen atoms in total. The van der Waals surface area contributed by atoms with E-state index in [1.54, 1.807) is 18.2 Å². The Morgan fingerprint density at radius 2 is 1.95 bits per heavy atom. The minimum absolute atomic E-state index is 0.0559. The maximum Gasteiger partial charge on any atom is 0.177 e. The van der Waals surface area contributed by atoms with E-state index in [1.165, 1.54) is 25.4 Å². The minimum atomic E-state index is -3.27. The maximum absolute atomic E-state index is 11.3. The van der Waals surface area contributed by atoms with Gasteiger partial charge in [-0.1, -0.05) is 0 Å². The lowest BCUT2D eigenvalue weighted by Gasteiger charge is -2.07. The van der Waals surface area contributed by atoms with Crippen molar-refractivity contribution in [3.05, 3.63) is 36.5 Å². The van der Waals surface area contributed by atoms with E-state index >= 15 is 0 Å². The maximum atomic E-state index is 11.3. The van der Waals surface area contributed by atoms with Crippen molar-refractivity contribution in [2.45, 2.75) is 4.90 Å². The van der Waals surface area contributed by atoms with Gasteiger partial charge in [0.05, 0.1) is 17.7 Å². The summed E-state index contributed by atoms with van der Waals surface area (Å²) in [5, 5.41) is 9.80. The highest BCUT2D eigenvalue weighted by atomic mass is 32.2. The van der Waals surface area contributed by atoms with Crippen LogP contribution in [-0.2, 0) is 9.84 Å². The van der Waals surface area contributed by atoms with E-state index in [2.05, 4.69) is 4.98 Å². The zero-order valence-corrected chi connectivity index (χ0v) is 11.3. The zero-order valence-electron chi connectivity index (χ0n) is 10.5. The van der Waals surface area contributed by atoms with Gasteiger partial charge in [0, 0.05) is 18.0 Å². The van der Waals surface area contributed by atoms with Gasteiger partial charge in [-0.2, -0.15) is 0 Å². The van der Waals surface area contributed by atoms with Crippen LogP contribution in [0.1, 0.15) is 0 Å². The number of phenolic OH excluding ortho intramolecular Hbond substituents is 1. The molecule has 0 bridgehead atoms. The third kappa shape index (κ3) is 2.85. The number of pyridine rings is 1. The Bertz CT molecular complexity index is 693. The second kappa shape index (κ2) is 4.89. The number of hydrogen-bond acceptors (Lipinski definition) is 5. The third-order valence-electron chi connectivity index (χ3n) is 2.64. The number of phenols is 1. The smallest absolute Gasteiger partial charge is 0.177 e. The topological polar surface area (TPSA) is 76.5 Å². The van der Waals surface area contributed by atoms with Crippen molar-refractivity contribution < 1.29 is 18.3 Å². The summed E-state index contributed by atoms with van der Waals surface area (Å²) >= 11 is 0. The summed E-state index contributed by atoms with van der Waals surface area (Å²) in [5.41, 5.74) is 0.961. The largest absolute Gasteiger partial charge is 0.507 e. The molecule has 2 rings (SSSR count). The molecule has 0 aliphatic carbocycles. The van der Waals surface area contributed by atoms with E-state index in [0.29, 0.717) is 17.0 Å². The van der Waals surface area contributed by atoms with Crippen molar-refractivity contribution in [2.24, 2.45) is 0 Å². The second-order valence-electron chi connectivity index (χ2n) is 4.03. The molecule has 0 unspecified atom stereocenters. The number of ether oxygens (including phenoxy) is 1. The van der Waals surface area contributed by atoms with Crippen LogP contribution in [0.25, 0.3) is 11.3 Å². The second-order valence-corrected chi connectivity index (χ2v) is 6.05. The van der Waals surface area contributed by atoms with Crippen molar-refractivity contribution in [3.8, 4) is 22.8 Å². The Balaban J connectivity index is 2.48. The van der Waals surface area contributed by atoms with Gasteiger partial charge >= 0.3 is 0 Å². The van der Waals surface area contributed by atoms with Crippen LogP contribution in [0.2, 0.25) is 0 Å². The number of benzene rings is 1. The highest BCUT2D eigenvalue weighted by Crippen LogP contribution is 2.31. The molecule has 1 aromatic heterocycles. The lowest BCUT2D eigenvalue weighted by atomic mass is 10.1. The summed E-state index contributed by atoms with van der Waals surface area (Å²) in [6, 6.07) is 7.77. The Morgan fingerprint density at radius 3 is 2.47 bits per heavy atom. The van der Waals surface area contributed by atoms with Crippen LogP contribution in [0.4, 0.5) is 0 Å². The van der Waals surface area contributed by atoms with E-state index in [4.69, 9.17) is 4.74 Å². The molecule has 0 amide bonds. The van der Waals surface area contributed by atoms with Gasteiger partial charge in [-0.05, 0) is 30.3 Å². The summed E-state index contributed by atoms with van der Waals surface area (Å²) in [6.45, 7) is 0. The number of nitrogens with zero attached hydrogens (tertiary/aromatic N) is 1. The van der Waals surface area contributed by atoms with Gasteiger partial charge in [0.2, 0.25) is 0 Å². The van der Waals surface area contributed by atoms with Crippen LogP contribution in [0.5, 0.6) is 11.5 Å². The van der Waals surface area contributed by atoms with Crippen LogP contribution < -0.4 is 4.74 Å². The molecular weight excluding hydrogens is 266 g/mol. The molecule has 0 atom stereocenters. The van der Waals surface area contributed by atoms with E-state index in [-0.39, 0.29) is 10.6 Å². The fraction of sp³-hybridized carbons (Fsp3) is 0.154. The van der Waals surface area contributed by atoms with Crippen LogP contribution in [-0.4, -0.2) is 31.9 Å². The molecule has 2 aromatic rings. The lowest BCUT2D eigenvalue weighted by molar-refractivity contribution is 0.412. The Morgan fingerprint density at radius 1 is 1.21 bits per heavy atom. The number of aromatic hydroxyl groups is 1. The van der Waals surface area contributed by atoms with Crippen LogP contribution >= 0.6 is 0 Å². The molecule has 0 spiro atoms. The normalized spacial score (nSPS) is 11.3. The summed E-state index contributed by atoms with van der Waals surface area (Å²) in [7, 11) is -1.75. The fourth-order valence-electron chi connectivity index (χ4n) is 1.61. The first kappa shape index (κ1) is 13.4. The summed E-state index contributed by atoms with van der Waals surface area (Å²) in [5.74, 6) is 0.641. The fourth-order valence-corrected chi connectivity index (χ4v) is 2.17. The number of rotatable bonds is 3. The Kier molecular flexibility index (Phi) is 3.44. The van der Waals surface area contributed by atoms with Crippen molar-refractivity contribution in [1.82, 2.24) is 4.98 Å². The van der Waals surface area contributed by atoms with E-state index in [1.807, 2.05) is 0 Å². The van der Waals surface area contributed by atoms with Crippen molar-refractivity contribution in [3.63, 3.8) is 0 Å². The van der Waals surface area contributed by atoms with Crippen LogP contribution in [0, 0.1) is 0 Å². The van der Waals surface area contributed by atoms with E-state index in [0.717, 1.165) is 6.26 Å². The molecule has 0 fully saturated rings. The van der Waals surface area contributed by atoms with Gasteiger partial charge in [0.1, 0.15) is 11.5 Å². The average Bonchev–Trinajstić information content (AvgIpc) is 2.38. The van der Waals surface area contributed by atoms with Crippen LogP contribution in [0.3, 0.4) is 0 Å². The lowest BCUT2D eigenvalue weighted by Crippen LogP contribution is -1.98. The van der Waals surface area contributed by atoms with Gasteiger partial charge in [-0.25, -0.2) is 8.42 Å². The van der Waals surface area contributed by atoms with Crippen molar-refractivity contribution in [1.29, 1.82) is 0 Å². The van der Waals surface area contributed by atoms with E-state index in [9.17, 15) is 13.5 Å². The SMILES string of the molecule is COc1ccc(O)c(-c2ccc(S(C)(=O)=O)cn2)c1. The number of aromatic nitrogens is 1. The number of methoxy groups -OCH3 is 1. The molecule has 0 aliphatic rings. The zero-order chi connectivity index (χ0) is 14.0. The quantitative estimate of drug-likeness (QED) is 0.928. The first-order valence-corrected chi connectivity index (χ1v) is 7.34. The highest BCUT2D eigenvalue weighted by Gasteiger charge is 2.11. The Labute approximate surface area is 111 Å². The van der Waals surface area contributed by atoms with Crippen LogP contribution in [0.15, 0.2) is 41.4 Å². The van der Waals surface area contributed by atoms with Crippen molar-refractivity contribution >= 4 is 9.84 Å². The minimum Gasteiger partial charge on any atom is -0.507 e. The number of sulfone groups is 1. The molecule has 0 radical (unpaired) electrons. The van der Waals surface area contributed by atoms with Crippen molar-refractivity contribution in [2.75, 3.05) is 13.4 Å². The first-order valence-electron chi connectivity index (χ1n) is 5.45. The van der Waals surface area contributed by atoms with E-state index < -0.39 is 9.84 Å². The van der Waals surface area contributed by atoms with Gasteiger partial charge in [0.15, 0.2) is 9.84 Å². The first-order chi connectivity index (χ1) is 8.91. The molecule has 1 N–H and O–H groups in total. The average molecular weight is 279 g/mol. The Hall–Kier alpha value is -2.08. The molecule has 6 heteroatoms. The molecule has 1 heterocycles.